The number of rotatable bonds is 7. The van der Waals surface area contributed by atoms with Crippen LogP contribution in [-0.2, 0) is 4.79 Å². The second-order valence-electron chi connectivity index (χ2n) is 4.24. The molecule has 21 heavy (non-hydrogen) atoms. The first-order valence-electron chi connectivity index (χ1n) is 6.55. The van der Waals surface area contributed by atoms with Crippen molar-refractivity contribution < 1.29 is 9.53 Å². The number of amides is 1. The Kier molecular flexibility index (Phi) is 6.63. The van der Waals surface area contributed by atoms with E-state index in [1.807, 2.05) is 54.6 Å². The average Bonchev–Trinajstić information content (AvgIpc) is 2.50. The van der Waals surface area contributed by atoms with Gasteiger partial charge in [-0.05, 0) is 40.2 Å². The normalized spacial score (nSPS) is 10.1. The van der Waals surface area contributed by atoms with E-state index in [2.05, 4.69) is 21.2 Å². The molecule has 3 nitrogen and oxygen atoms in total. The lowest BCUT2D eigenvalue weighted by Crippen LogP contribution is -2.15. The molecule has 0 aromatic heterocycles. The van der Waals surface area contributed by atoms with Crippen molar-refractivity contribution >= 4 is 39.3 Å². The van der Waals surface area contributed by atoms with Gasteiger partial charge in [0, 0.05) is 10.2 Å². The summed E-state index contributed by atoms with van der Waals surface area (Å²) in [6.07, 6.45) is 0. The van der Waals surface area contributed by atoms with E-state index < -0.39 is 0 Å². The van der Waals surface area contributed by atoms with Crippen LogP contribution >= 0.6 is 27.7 Å². The molecule has 0 saturated heterocycles. The van der Waals surface area contributed by atoms with Crippen LogP contribution in [0.2, 0.25) is 0 Å². The van der Waals surface area contributed by atoms with Crippen molar-refractivity contribution in [3.8, 4) is 5.75 Å². The summed E-state index contributed by atoms with van der Waals surface area (Å²) in [6.45, 7) is 0.594. The van der Waals surface area contributed by atoms with Gasteiger partial charge < -0.3 is 10.1 Å². The maximum atomic E-state index is 11.8. The average molecular weight is 366 g/mol. The lowest BCUT2D eigenvalue weighted by atomic mass is 10.3. The number of carbonyl (C=O) groups is 1. The number of benzene rings is 2. The predicted molar refractivity (Wildman–Crippen MR) is 92.0 cm³/mol. The van der Waals surface area contributed by atoms with E-state index in [0.29, 0.717) is 12.4 Å². The molecule has 5 heteroatoms. The Morgan fingerprint density at radius 1 is 1.10 bits per heavy atom. The molecule has 110 valence electrons. The van der Waals surface area contributed by atoms with Crippen LogP contribution in [0.25, 0.3) is 0 Å². The molecule has 0 saturated carbocycles. The minimum absolute atomic E-state index is 0.00777. The van der Waals surface area contributed by atoms with Crippen molar-refractivity contribution in [1.29, 1.82) is 0 Å². The Labute approximate surface area is 137 Å². The van der Waals surface area contributed by atoms with Crippen LogP contribution in [0.1, 0.15) is 0 Å². The van der Waals surface area contributed by atoms with Gasteiger partial charge in [-0.25, -0.2) is 0 Å². The molecule has 0 spiro atoms. The van der Waals surface area contributed by atoms with E-state index in [4.69, 9.17) is 4.74 Å². The van der Waals surface area contributed by atoms with E-state index in [0.717, 1.165) is 21.7 Å². The van der Waals surface area contributed by atoms with E-state index in [-0.39, 0.29) is 5.91 Å². The molecule has 1 amide bonds. The minimum atomic E-state index is -0.00777. The molecule has 0 heterocycles. The molecule has 0 atom stereocenters. The van der Waals surface area contributed by atoms with Crippen LogP contribution in [0.4, 0.5) is 5.69 Å². The van der Waals surface area contributed by atoms with Crippen molar-refractivity contribution in [3.63, 3.8) is 0 Å². The summed E-state index contributed by atoms with van der Waals surface area (Å²) in [6, 6.07) is 17.2. The second-order valence-corrected chi connectivity index (χ2v) is 6.20. The van der Waals surface area contributed by atoms with Gasteiger partial charge in [-0.3, -0.25) is 4.79 Å². The third kappa shape index (κ3) is 5.81. The molecule has 0 aliphatic rings. The van der Waals surface area contributed by atoms with Gasteiger partial charge in [0.25, 0.3) is 0 Å². The van der Waals surface area contributed by atoms with Crippen LogP contribution in [0.5, 0.6) is 5.75 Å². The predicted octanol–water partition coefficient (Wildman–Crippen LogP) is 4.20. The van der Waals surface area contributed by atoms with E-state index in [1.54, 1.807) is 11.8 Å². The largest absolute Gasteiger partial charge is 0.493 e. The standard InChI is InChI=1S/C16H16BrNO2S/c17-14-8-4-5-9-15(14)18-16(19)12-21-11-10-20-13-6-2-1-3-7-13/h1-9H,10-12H2,(H,18,19). The van der Waals surface area contributed by atoms with Crippen LogP contribution in [0.15, 0.2) is 59.1 Å². The zero-order valence-electron chi connectivity index (χ0n) is 11.4. The lowest BCUT2D eigenvalue weighted by Gasteiger charge is -2.08. The minimum Gasteiger partial charge on any atom is -0.493 e. The molecule has 2 aromatic rings. The molecule has 0 fully saturated rings. The Bertz CT molecular complexity index is 577. The number of nitrogens with one attached hydrogen (secondary N) is 1. The summed E-state index contributed by atoms with van der Waals surface area (Å²) in [5.74, 6) is 2.04. The van der Waals surface area contributed by atoms with E-state index >= 15 is 0 Å². The molecular weight excluding hydrogens is 350 g/mol. The summed E-state index contributed by atoms with van der Waals surface area (Å²) in [7, 11) is 0. The topological polar surface area (TPSA) is 38.3 Å². The first-order valence-corrected chi connectivity index (χ1v) is 8.50. The summed E-state index contributed by atoms with van der Waals surface area (Å²) in [5.41, 5.74) is 0.795. The van der Waals surface area contributed by atoms with E-state index in [9.17, 15) is 4.79 Å². The monoisotopic (exact) mass is 365 g/mol. The number of thioether (sulfide) groups is 1. The fraction of sp³-hybridized carbons (Fsp3) is 0.188. The van der Waals surface area contributed by atoms with Gasteiger partial charge in [0.15, 0.2) is 0 Å². The highest BCUT2D eigenvalue weighted by Crippen LogP contribution is 2.21. The smallest absolute Gasteiger partial charge is 0.234 e. The first kappa shape index (κ1) is 15.9. The molecule has 0 aliphatic carbocycles. The zero-order chi connectivity index (χ0) is 14.9. The van der Waals surface area contributed by atoms with Crippen molar-refractivity contribution in [2.75, 3.05) is 23.4 Å². The number of carbonyl (C=O) groups excluding carboxylic acids is 1. The Morgan fingerprint density at radius 3 is 2.57 bits per heavy atom. The first-order chi connectivity index (χ1) is 10.3. The molecule has 2 aromatic carbocycles. The highest BCUT2D eigenvalue weighted by atomic mass is 79.9. The molecule has 0 bridgehead atoms. The molecule has 1 N–H and O–H groups in total. The highest BCUT2D eigenvalue weighted by Gasteiger charge is 2.05. The molecule has 0 aliphatic heterocycles. The van der Waals surface area contributed by atoms with Gasteiger partial charge in [-0.1, -0.05) is 30.3 Å². The Hall–Kier alpha value is -1.46. The molecule has 0 radical (unpaired) electrons. The van der Waals surface area contributed by atoms with Gasteiger partial charge in [-0.15, -0.1) is 11.8 Å². The van der Waals surface area contributed by atoms with Crippen molar-refractivity contribution in [2.24, 2.45) is 0 Å². The van der Waals surface area contributed by atoms with Crippen molar-refractivity contribution in [3.05, 3.63) is 59.1 Å². The summed E-state index contributed by atoms with van der Waals surface area (Å²) < 4.78 is 6.45. The summed E-state index contributed by atoms with van der Waals surface area (Å²) >= 11 is 4.96. The fourth-order valence-corrected chi connectivity index (χ4v) is 2.64. The Morgan fingerprint density at radius 2 is 1.81 bits per heavy atom. The second kappa shape index (κ2) is 8.74. The Balaban J connectivity index is 1.63. The number of hydrogen-bond donors (Lipinski definition) is 1. The lowest BCUT2D eigenvalue weighted by molar-refractivity contribution is -0.113. The fourth-order valence-electron chi connectivity index (χ4n) is 1.65. The zero-order valence-corrected chi connectivity index (χ0v) is 13.8. The van der Waals surface area contributed by atoms with Gasteiger partial charge in [0.05, 0.1) is 18.0 Å². The third-order valence-electron chi connectivity index (χ3n) is 2.62. The maximum absolute atomic E-state index is 11.8. The van der Waals surface area contributed by atoms with Crippen LogP contribution < -0.4 is 10.1 Å². The van der Waals surface area contributed by atoms with Gasteiger partial charge in [-0.2, -0.15) is 0 Å². The van der Waals surface area contributed by atoms with Crippen molar-refractivity contribution in [2.45, 2.75) is 0 Å². The third-order valence-corrected chi connectivity index (χ3v) is 4.23. The number of ether oxygens (including phenoxy) is 1. The van der Waals surface area contributed by atoms with Gasteiger partial charge in [0.2, 0.25) is 5.91 Å². The molecule has 0 unspecified atom stereocenters. The summed E-state index contributed by atoms with van der Waals surface area (Å²) in [5, 5.41) is 2.87. The highest BCUT2D eigenvalue weighted by molar-refractivity contribution is 9.10. The van der Waals surface area contributed by atoms with Crippen molar-refractivity contribution in [1.82, 2.24) is 0 Å². The number of hydrogen-bond acceptors (Lipinski definition) is 3. The van der Waals surface area contributed by atoms with Crippen LogP contribution in [0.3, 0.4) is 0 Å². The molecular formula is C16H16BrNO2S. The van der Waals surface area contributed by atoms with E-state index in [1.165, 1.54) is 0 Å². The molecule has 2 rings (SSSR count). The number of anilines is 1. The quantitative estimate of drug-likeness (QED) is 0.747. The maximum Gasteiger partial charge on any atom is 0.234 e. The SMILES string of the molecule is O=C(CSCCOc1ccccc1)Nc1ccccc1Br. The van der Waals surface area contributed by atoms with Gasteiger partial charge >= 0.3 is 0 Å². The summed E-state index contributed by atoms with van der Waals surface area (Å²) in [4.78, 5) is 11.8. The van der Waals surface area contributed by atoms with Crippen LogP contribution in [0, 0.1) is 0 Å². The van der Waals surface area contributed by atoms with Gasteiger partial charge in [0.1, 0.15) is 5.75 Å². The number of halogens is 1. The van der Waals surface area contributed by atoms with Crippen LogP contribution in [-0.4, -0.2) is 24.0 Å². The number of para-hydroxylation sites is 2.